The maximum absolute atomic E-state index is 12.9. The van der Waals surface area contributed by atoms with Gasteiger partial charge < -0.3 is 9.47 Å². The fraction of sp³-hybridized carbons (Fsp3) is 0.450. The predicted octanol–water partition coefficient (Wildman–Crippen LogP) is 4.13. The van der Waals surface area contributed by atoms with Gasteiger partial charge in [-0.25, -0.2) is 0 Å². The Bertz CT molecular complexity index is 677. The van der Waals surface area contributed by atoms with Crippen LogP contribution >= 0.6 is 0 Å². The Morgan fingerprint density at radius 1 is 0.957 bits per heavy atom. The van der Waals surface area contributed by atoms with E-state index in [1.54, 1.807) is 0 Å². The molecule has 2 unspecified atom stereocenters. The Kier molecular flexibility index (Phi) is 3.94. The lowest BCUT2D eigenvalue weighted by molar-refractivity contribution is 0.0521. The second-order valence-electron chi connectivity index (χ2n) is 6.99. The second-order valence-corrected chi connectivity index (χ2v) is 6.99. The van der Waals surface area contributed by atoms with E-state index in [0.717, 1.165) is 36.2 Å². The van der Waals surface area contributed by atoms with Crippen LogP contribution in [-0.2, 0) is 0 Å². The van der Waals surface area contributed by atoms with Gasteiger partial charge in [-0.1, -0.05) is 25.3 Å². The summed E-state index contributed by atoms with van der Waals surface area (Å²) in [6, 6.07) is 12.0. The quantitative estimate of drug-likeness (QED) is 0.819. The van der Waals surface area contributed by atoms with Crippen LogP contribution in [0.1, 0.15) is 42.5 Å². The van der Waals surface area contributed by atoms with Crippen molar-refractivity contribution >= 4 is 5.91 Å². The molecular formula is C20H24N2O. The molecule has 3 heteroatoms. The summed E-state index contributed by atoms with van der Waals surface area (Å²) in [5.74, 6) is 1.79. The van der Waals surface area contributed by atoms with Crippen LogP contribution in [0.15, 0.2) is 48.8 Å². The Labute approximate surface area is 137 Å². The highest BCUT2D eigenvalue weighted by molar-refractivity contribution is 5.94. The van der Waals surface area contributed by atoms with E-state index >= 15 is 0 Å². The molecule has 3 nitrogen and oxygen atoms in total. The first-order chi connectivity index (χ1) is 11.3. The largest absolute Gasteiger partial charge is 0.338 e. The second kappa shape index (κ2) is 6.23. The molecule has 1 aromatic heterocycles. The van der Waals surface area contributed by atoms with Crippen LogP contribution in [-0.4, -0.2) is 28.5 Å². The van der Waals surface area contributed by atoms with Gasteiger partial charge in [0.25, 0.3) is 5.91 Å². The van der Waals surface area contributed by atoms with Crippen LogP contribution in [0.4, 0.5) is 0 Å². The molecule has 0 spiro atoms. The molecule has 2 aliphatic rings. The molecule has 1 amide bonds. The number of amides is 1. The van der Waals surface area contributed by atoms with Crippen molar-refractivity contribution < 1.29 is 4.79 Å². The molecular weight excluding hydrogens is 284 g/mol. The highest BCUT2D eigenvalue weighted by Crippen LogP contribution is 2.36. The van der Waals surface area contributed by atoms with Gasteiger partial charge >= 0.3 is 0 Å². The molecule has 1 saturated carbocycles. The maximum Gasteiger partial charge on any atom is 0.253 e. The molecule has 2 heterocycles. The third-order valence-electron chi connectivity index (χ3n) is 5.57. The van der Waals surface area contributed by atoms with Gasteiger partial charge in [0.15, 0.2) is 0 Å². The number of hydrogen-bond acceptors (Lipinski definition) is 1. The van der Waals surface area contributed by atoms with E-state index in [4.69, 9.17) is 0 Å². The summed E-state index contributed by atoms with van der Waals surface area (Å²) in [7, 11) is 0. The van der Waals surface area contributed by atoms with Crippen molar-refractivity contribution in [3.63, 3.8) is 0 Å². The van der Waals surface area contributed by atoms with Crippen molar-refractivity contribution in [2.45, 2.75) is 32.1 Å². The lowest BCUT2D eigenvalue weighted by Gasteiger charge is -2.41. The SMILES string of the molecule is O=C(c1cccc(-n2cccc2)c1)N1CCC2CCCCC2C1. The lowest BCUT2D eigenvalue weighted by atomic mass is 9.75. The van der Waals surface area contributed by atoms with Gasteiger partial charge in [-0.2, -0.15) is 0 Å². The minimum absolute atomic E-state index is 0.197. The number of hydrogen-bond donors (Lipinski definition) is 0. The highest BCUT2D eigenvalue weighted by Gasteiger charge is 2.33. The molecule has 0 bridgehead atoms. The van der Waals surface area contributed by atoms with Gasteiger partial charge in [-0.3, -0.25) is 4.79 Å². The Balaban J connectivity index is 1.52. The fourth-order valence-electron chi connectivity index (χ4n) is 4.27. The molecule has 120 valence electrons. The summed E-state index contributed by atoms with van der Waals surface area (Å²) in [4.78, 5) is 15.0. The minimum Gasteiger partial charge on any atom is -0.338 e. The first-order valence-corrected chi connectivity index (χ1v) is 8.84. The molecule has 23 heavy (non-hydrogen) atoms. The molecule has 2 fully saturated rings. The summed E-state index contributed by atoms with van der Waals surface area (Å²) in [5, 5.41) is 0. The van der Waals surface area contributed by atoms with Crippen molar-refractivity contribution in [3.8, 4) is 5.69 Å². The van der Waals surface area contributed by atoms with Crippen LogP contribution < -0.4 is 0 Å². The average molecular weight is 308 g/mol. The van der Waals surface area contributed by atoms with E-state index in [1.165, 1.54) is 32.1 Å². The van der Waals surface area contributed by atoms with Crippen LogP contribution in [0.5, 0.6) is 0 Å². The van der Waals surface area contributed by atoms with E-state index < -0.39 is 0 Å². The summed E-state index contributed by atoms with van der Waals surface area (Å²) >= 11 is 0. The van der Waals surface area contributed by atoms with Crippen molar-refractivity contribution in [3.05, 3.63) is 54.4 Å². The standard InChI is InChI=1S/C20H24N2O/c23-20(22-13-10-16-6-1-2-7-18(16)15-22)17-8-5-9-19(14-17)21-11-3-4-12-21/h3-5,8-9,11-12,14,16,18H,1-2,6-7,10,13,15H2. The van der Waals surface area contributed by atoms with E-state index in [0.29, 0.717) is 0 Å². The summed E-state index contributed by atoms with van der Waals surface area (Å²) in [6.45, 7) is 1.88. The molecule has 4 rings (SSSR count). The van der Waals surface area contributed by atoms with Gasteiger partial charge in [0.1, 0.15) is 0 Å². The van der Waals surface area contributed by atoms with E-state index in [9.17, 15) is 4.79 Å². The minimum atomic E-state index is 0.197. The number of aromatic nitrogens is 1. The van der Waals surface area contributed by atoms with Crippen LogP contribution in [0, 0.1) is 11.8 Å². The van der Waals surface area contributed by atoms with Gasteiger partial charge in [-0.15, -0.1) is 0 Å². The van der Waals surface area contributed by atoms with E-state index in [1.807, 2.05) is 53.4 Å². The number of nitrogens with zero attached hydrogens (tertiary/aromatic N) is 2. The molecule has 1 aliphatic carbocycles. The highest BCUT2D eigenvalue weighted by atomic mass is 16.2. The van der Waals surface area contributed by atoms with Crippen molar-refractivity contribution in [2.75, 3.05) is 13.1 Å². The number of rotatable bonds is 2. The first-order valence-electron chi connectivity index (χ1n) is 8.84. The number of fused-ring (bicyclic) bond motifs is 1. The summed E-state index contributed by atoms with van der Waals surface area (Å²) in [5.41, 5.74) is 1.86. The number of carbonyl (C=O) groups excluding carboxylic acids is 1. The third kappa shape index (κ3) is 2.92. The Morgan fingerprint density at radius 2 is 1.74 bits per heavy atom. The van der Waals surface area contributed by atoms with E-state index in [2.05, 4.69) is 4.90 Å². The van der Waals surface area contributed by atoms with E-state index in [-0.39, 0.29) is 5.91 Å². The van der Waals surface area contributed by atoms with Crippen LogP contribution in [0.25, 0.3) is 5.69 Å². The summed E-state index contributed by atoms with van der Waals surface area (Å²) < 4.78 is 2.05. The monoisotopic (exact) mass is 308 g/mol. The molecule has 2 aromatic rings. The van der Waals surface area contributed by atoms with Gasteiger partial charge in [0, 0.05) is 36.7 Å². The zero-order valence-electron chi connectivity index (χ0n) is 13.5. The molecule has 0 radical (unpaired) electrons. The van der Waals surface area contributed by atoms with Crippen LogP contribution in [0.3, 0.4) is 0 Å². The number of likely N-dealkylation sites (tertiary alicyclic amines) is 1. The Morgan fingerprint density at radius 3 is 2.57 bits per heavy atom. The van der Waals surface area contributed by atoms with Gasteiger partial charge in [0.05, 0.1) is 0 Å². The molecule has 1 saturated heterocycles. The average Bonchev–Trinajstić information content (AvgIpc) is 3.15. The zero-order chi connectivity index (χ0) is 15.6. The smallest absolute Gasteiger partial charge is 0.253 e. The lowest BCUT2D eigenvalue weighted by Crippen LogP contribution is -2.44. The van der Waals surface area contributed by atoms with Crippen molar-refractivity contribution in [1.29, 1.82) is 0 Å². The summed E-state index contributed by atoms with van der Waals surface area (Å²) in [6.07, 6.45) is 10.6. The van der Waals surface area contributed by atoms with Gasteiger partial charge in [-0.05, 0) is 55.0 Å². The normalized spacial score (nSPS) is 24.3. The van der Waals surface area contributed by atoms with Crippen LogP contribution in [0.2, 0.25) is 0 Å². The zero-order valence-corrected chi connectivity index (χ0v) is 13.5. The first kappa shape index (κ1) is 14.6. The number of piperidine rings is 1. The number of benzene rings is 1. The molecule has 0 N–H and O–H groups in total. The third-order valence-corrected chi connectivity index (χ3v) is 5.57. The molecule has 1 aliphatic heterocycles. The molecule has 2 atom stereocenters. The predicted molar refractivity (Wildman–Crippen MR) is 91.7 cm³/mol. The molecule has 1 aromatic carbocycles. The topological polar surface area (TPSA) is 25.2 Å². The van der Waals surface area contributed by atoms with Crippen molar-refractivity contribution in [1.82, 2.24) is 9.47 Å². The maximum atomic E-state index is 12.9. The van der Waals surface area contributed by atoms with Gasteiger partial charge in [0.2, 0.25) is 0 Å². The fourth-order valence-corrected chi connectivity index (χ4v) is 4.27. The Hall–Kier alpha value is -2.03. The van der Waals surface area contributed by atoms with Crippen molar-refractivity contribution in [2.24, 2.45) is 11.8 Å². The number of carbonyl (C=O) groups is 1.